The van der Waals surface area contributed by atoms with E-state index in [4.69, 9.17) is 9.47 Å². The molecule has 1 atom stereocenters. The first-order valence-corrected chi connectivity index (χ1v) is 10.7. The SMILES string of the molecule is Cc1c(C)[n+]([O-])c(C(c2cccc(O)c2)C2C(=O)OC(C)(C)OC2=O)n1Cc1ccccc1. The predicted octanol–water partition coefficient (Wildman–Crippen LogP) is 3.08. The van der Waals surface area contributed by atoms with Gasteiger partial charge in [-0.25, -0.2) is 9.30 Å². The molecular weight excluding hydrogens is 424 g/mol. The van der Waals surface area contributed by atoms with Crippen molar-refractivity contribution in [1.29, 1.82) is 0 Å². The Morgan fingerprint density at radius 3 is 2.30 bits per heavy atom. The molecule has 172 valence electrons. The van der Waals surface area contributed by atoms with E-state index in [0.717, 1.165) is 10.3 Å². The summed E-state index contributed by atoms with van der Waals surface area (Å²) in [6, 6.07) is 15.7. The van der Waals surface area contributed by atoms with Crippen LogP contribution in [0.1, 0.15) is 48.1 Å². The molecule has 0 bridgehead atoms. The van der Waals surface area contributed by atoms with Crippen molar-refractivity contribution < 1.29 is 28.9 Å². The molecule has 0 amide bonds. The van der Waals surface area contributed by atoms with E-state index in [-0.39, 0.29) is 11.6 Å². The van der Waals surface area contributed by atoms with E-state index in [1.54, 1.807) is 23.6 Å². The fraction of sp³-hybridized carbons (Fsp3) is 0.320. The number of aromatic nitrogens is 2. The molecule has 1 aliphatic rings. The number of hydrogen-bond acceptors (Lipinski definition) is 6. The highest BCUT2D eigenvalue weighted by molar-refractivity contribution is 5.98. The number of nitrogens with zero attached hydrogens (tertiary/aromatic N) is 2. The predicted molar refractivity (Wildman–Crippen MR) is 118 cm³/mol. The molecular formula is C25H26N2O6. The normalized spacial score (nSPS) is 16.8. The van der Waals surface area contributed by atoms with Gasteiger partial charge in [0.25, 0.3) is 11.6 Å². The number of rotatable bonds is 5. The highest BCUT2D eigenvalue weighted by Crippen LogP contribution is 2.38. The molecule has 4 rings (SSSR count). The zero-order chi connectivity index (χ0) is 23.9. The highest BCUT2D eigenvalue weighted by atomic mass is 16.7. The number of phenolic OH excluding ortho intramolecular Hbond substituents is 1. The van der Waals surface area contributed by atoms with Crippen LogP contribution in [-0.2, 0) is 25.6 Å². The number of aromatic hydroxyl groups is 1. The van der Waals surface area contributed by atoms with E-state index in [2.05, 4.69) is 0 Å². The number of hydrogen-bond donors (Lipinski definition) is 1. The number of carbonyl (C=O) groups excluding carboxylic acids is 2. The van der Waals surface area contributed by atoms with Crippen LogP contribution in [0, 0.1) is 25.0 Å². The molecule has 1 aliphatic heterocycles. The lowest BCUT2D eigenvalue weighted by molar-refractivity contribution is -0.621. The molecule has 0 aliphatic carbocycles. The second-order valence-corrected chi connectivity index (χ2v) is 8.69. The molecule has 8 nitrogen and oxygen atoms in total. The van der Waals surface area contributed by atoms with E-state index in [1.165, 1.54) is 26.0 Å². The van der Waals surface area contributed by atoms with Gasteiger partial charge in [-0.3, -0.25) is 9.59 Å². The minimum Gasteiger partial charge on any atom is -0.711 e. The first-order chi connectivity index (χ1) is 15.6. The summed E-state index contributed by atoms with van der Waals surface area (Å²) >= 11 is 0. The average Bonchev–Trinajstić information content (AvgIpc) is 2.94. The summed E-state index contributed by atoms with van der Waals surface area (Å²) in [5.41, 5.74) is 2.52. The third-order valence-electron chi connectivity index (χ3n) is 5.94. The Morgan fingerprint density at radius 2 is 1.70 bits per heavy atom. The van der Waals surface area contributed by atoms with Gasteiger partial charge in [-0.2, -0.15) is 0 Å². The smallest absolute Gasteiger partial charge is 0.324 e. The highest BCUT2D eigenvalue weighted by Gasteiger charge is 2.52. The van der Waals surface area contributed by atoms with Crippen LogP contribution >= 0.6 is 0 Å². The molecule has 3 aromatic rings. The number of imidazole rings is 1. The maximum Gasteiger partial charge on any atom is 0.324 e. The lowest BCUT2D eigenvalue weighted by Crippen LogP contribution is -2.50. The van der Waals surface area contributed by atoms with E-state index in [1.807, 2.05) is 37.3 Å². The molecule has 0 radical (unpaired) electrons. The Morgan fingerprint density at radius 1 is 1.06 bits per heavy atom. The van der Waals surface area contributed by atoms with Crippen molar-refractivity contribution >= 4 is 11.9 Å². The Labute approximate surface area is 191 Å². The van der Waals surface area contributed by atoms with Crippen molar-refractivity contribution in [3.8, 4) is 5.75 Å². The first kappa shape index (κ1) is 22.4. The van der Waals surface area contributed by atoms with E-state index in [9.17, 15) is 19.9 Å². The molecule has 1 fully saturated rings. The standard InChI is InChI=1S/C25H26N2O6/c1-15-16(2)27(31)22(26(15)14-17-9-6-5-7-10-17)20(18-11-8-12-19(28)13-18)21-23(29)32-25(3,4)33-24(21)30/h5-13,20-21,28H,14H2,1-4H3. The number of ether oxygens (including phenoxy) is 2. The zero-order valence-electron chi connectivity index (χ0n) is 18.9. The quantitative estimate of drug-likeness (QED) is 0.277. The summed E-state index contributed by atoms with van der Waals surface area (Å²) in [7, 11) is 0. The molecule has 2 heterocycles. The molecule has 8 heteroatoms. The largest absolute Gasteiger partial charge is 0.711 e. The zero-order valence-corrected chi connectivity index (χ0v) is 18.9. The average molecular weight is 450 g/mol. The van der Waals surface area contributed by atoms with Gasteiger partial charge in [-0.1, -0.05) is 42.5 Å². The van der Waals surface area contributed by atoms with E-state index in [0.29, 0.717) is 23.5 Å². The molecule has 1 N–H and O–H groups in total. The summed E-state index contributed by atoms with van der Waals surface area (Å²) in [6.45, 7) is 6.81. The summed E-state index contributed by atoms with van der Waals surface area (Å²) < 4.78 is 13.3. The molecule has 0 spiro atoms. The molecule has 2 aromatic carbocycles. The first-order valence-electron chi connectivity index (χ1n) is 10.7. The third kappa shape index (κ3) is 4.16. The molecule has 1 aromatic heterocycles. The van der Waals surface area contributed by atoms with Gasteiger partial charge in [-0.05, 0) is 23.3 Å². The summed E-state index contributed by atoms with van der Waals surface area (Å²) in [6.07, 6.45) is 0. The number of benzene rings is 2. The van der Waals surface area contributed by atoms with Crippen LogP contribution in [0.15, 0.2) is 54.6 Å². The Hall–Kier alpha value is -3.81. The number of esters is 2. The molecule has 1 saturated heterocycles. The molecule has 33 heavy (non-hydrogen) atoms. The van der Waals surface area contributed by atoms with Gasteiger partial charge < -0.3 is 19.8 Å². The van der Waals surface area contributed by atoms with Gasteiger partial charge in [0.05, 0.1) is 0 Å². The van der Waals surface area contributed by atoms with Crippen LogP contribution in [0.4, 0.5) is 0 Å². The monoisotopic (exact) mass is 450 g/mol. The Balaban J connectivity index is 1.93. The Kier molecular flexibility index (Phi) is 5.61. The van der Waals surface area contributed by atoms with Crippen molar-refractivity contribution in [2.24, 2.45) is 5.92 Å². The van der Waals surface area contributed by atoms with Gasteiger partial charge in [0.15, 0.2) is 5.92 Å². The fourth-order valence-corrected chi connectivity index (χ4v) is 4.26. The van der Waals surface area contributed by atoms with Crippen LogP contribution < -0.4 is 4.73 Å². The van der Waals surface area contributed by atoms with Gasteiger partial charge in [0.2, 0.25) is 0 Å². The maximum absolute atomic E-state index is 13.4. The Bertz CT molecular complexity index is 1200. The van der Waals surface area contributed by atoms with Crippen molar-refractivity contribution in [1.82, 2.24) is 4.57 Å². The van der Waals surface area contributed by atoms with E-state index < -0.39 is 29.6 Å². The minimum absolute atomic E-state index is 0.0533. The lowest BCUT2D eigenvalue weighted by Gasteiger charge is -2.35. The van der Waals surface area contributed by atoms with Crippen LogP contribution in [0.5, 0.6) is 5.75 Å². The van der Waals surface area contributed by atoms with Crippen molar-refractivity contribution in [3.05, 3.63) is 88.1 Å². The second-order valence-electron chi connectivity index (χ2n) is 8.69. The van der Waals surface area contributed by atoms with Crippen LogP contribution in [-0.4, -0.2) is 27.4 Å². The van der Waals surface area contributed by atoms with E-state index >= 15 is 0 Å². The van der Waals surface area contributed by atoms with Crippen LogP contribution in [0.25, 0.3) is 0 Å². The summed E-state index contributed by atoms with van der Waals surface area (Å²) in [4.78, 5) is 26.1. The van der Waals surface area contributed by atoms with Gasteiger partial charge in [0.1, 0.15) is 29.6 Å². The lowest BCUT2D eigenvalue weighted by atomic mass is 9.84. The summed E-state index contributed by atoms with van der Waals surface area (Å²) in [5.74, 6) is -5.29. The van der Waals surface area contributed by atoms with Gasteiger partial charge in [-0.15, -0.1) is 0 Å². The second kappa shape index (κ2) is 8.27. The topological polar surface area (TPSA) is 105 Å². The van der Waals surface area contributed by atoms with Crippen molar-refractivity contribution in [2.75, 3.05) is 0 Å². The number of phenols is 1. The van der Waals surface area contributed by atoms with Crippen LogP contribution in [0.2, 0.25) is 0 Å². The molecule has 0 saturated carbocycles. The van der Waals surface area contributed by atoms with Crippen LogP contribution in [0.3, 0.4) is 0 Å². The number of cyclic esters (lactones) is 2. The minimum atomic E-state index is -1.41. The van der Waals surface area contributed by atoms with Crippen molar-refractivity contribution in [3.63, 3.8) is 0 Å². The van der Waals surface area contributed by atoms with Gasteiger partial charge >= 0.3 is 11.9 Å². The summed E-state index contributed by atoms with van der Waals surface area (Å²) in [5, 5.41) is 23.5. The fourth-order valence-electron chi connectivity index (χ4n) is 4.26. The van der Waals surface area contributed by atoms with Gasteiger partial charge in [0, 0.05) is 27.7 Å². The molecule has 1 unspecified atom stereocenters. The third-order valence-corrected chi connectivity index (χ3v) is 5.94. The van der Waals surface area contributed by atoms with Crippen molar-refractivity contribution in [2.45, 2.75) is 45.9 Å². The number of carbonyl (C=O) groups is 2. The maximum atomic E-state index is 13.4.